The van der Waals surface area contributed by atoms with E-state index in [1.54, 1.807) is 0 Å². The van der Waals surface area contributed by atoms with Crippen LogP contribution in [-0.2, 0) is 16.1 Å². The molecule has 2 N–H and O–H groups in total. The highest BCUT2D eigenvalue weighted by Crippen LogP contribution is 2.26. The van der Waals surface area contributed by atoms with Crippen molar-refractivity contribution in [2.24, 2.45) is 5.16 Å². The van der Waals surface area contributed by atoms with Crippen LogP contribution in [0.3, 0.4) is 0 Å². The van der Waals surface area contributed by atoms with Gasteiger partial charge in [-0.15, -0.1) is 0 Å². The van der Waals surface area contributed by atoms with Crippen LogP contribution in [0.1, 0.15) is 23.9 Å². The van der Waals surface area contributed by atoms with Gasteiger partial charge in [0.15, 0.2) is 6.10 Å². The van der Waals surface area contributed by atoms with Crippen molar-refractivity contribution in [3.05, 3.63) is 48.0 Å². The molecule has 0 bridgehead atoms. The van der Waals surface area contributed by atoms with Crippen molar-refractivity contribution in [2.75, 3.05) is 6.54 Å². The standard InChI is InChI=1S/C14H15N5O2/c20-14(15-7-6-13-16-9-17-18-13)11-8-12(21-19-11)10-4-2-1-3-5-10/h1-5,9,12H,6-8H2,(H,15,20)(H,16,17,18)/t12-/m0/s1. The maximum atomic E-state index is 12.0. The molecule has 0 fully saturated rings. The van der Waals surface area contributed by atoms with Gasteiger partial charge in [0.05, 0.1) is 0 Å². The first kappa shape index (κ1) is 13.3. The first-order chi connectivity index (χ1) is 10.3. The zero-order valence-corrected chi connectivity index (χ0v) is 11.3. The van der Waals surface area contributed by atoms with Gasteiger partial charge in [0, 0.05) is 19.4 Å². The van der Waals surface area contributed by atoms with Gasteiger partial charge in [0.1, 0.15) is 17.9 Å². The zero-order valence-electron chi connectivity index (χ0n) is 11.3. The van der Waals surface area contributed by atoms with Gasteiger partial charge in [0.25, 0.3) is 5.91 Å². The molecule has 1 atom stereocenters. The van der Waals surface area contributed by atoms with Gasteiger partial charge in [-0.1, -0.05) is 35.5 Å². The molecule has 7 nitrogen and oxygen atoms in total. The van der Waals surface area contributed by atoms with E-state index in [1.165, 1.54) is 6.33 Å². The number of aromatic nitrogens is 3. The molecule has 2 heterocycles. The number of nitrogens with one attached hydrogen (secondary N) is 2. The van der Waals surface area contributed by atoms with Crippen molar-refractivity contribution in [3.63, 3.8) is 0 Å². The number of benzene rings is 1. The largest absolute Gasteiger partial charge is 0.387 e. The minimum Gasteiger partial charge on any atom is -0.387 e. The smallest absolute Gasteiger partial charge is 0.269 e. The van der Waals surface area contributed by atoms with Crippen molar-refractivity contribution < 1.29 is 9.63 Å². The average molecular weight is 285 g/mol. The molecule has 1 amide bonds. The van der Waals surface area contributed by atoms with Crippen LogP contribution in [-0.4, -0.2) is 33.3 Å². The number of oxime groups is 1. The van der Waals surface area contributed by atoms with Crippen molar-refractivity contribution in [2.45, 2.75) is 18.9 Å². The average Bonchev–Trinajstić information content (AvgIpc) is 3.20. The summed E-state index contributed by atoms with van der Waals surface area (Å²) in [6.07, 6.45) is 2.35. The summed E-state index contributed by atoms with van der Waals surface area (Å²) in [6.45, 7) is 0.475. The van der Waals surface area contributed by atoms with Crippen LogP contribution < -0.4 is 5.32 Å². The minimum atomic E-state index is -0.201. The summed E-state index contributed by atoms with van der Waals surface area (Å²) in [6, 6.07) is 9.74. The molecule has 21 heavy (non-hydrogen) atoms. The third kappa shape index (κ3) is 3.25. The number of hydrogen-bond donors (Lipinski definition) is 2. The molecule has 7 heteroatoms. The Kier molecular flexibility index (Phi) is 3.90. The number of hydrogen-bond acceptors (Lipinski definition) is 5. The third-order valence-electron chi connectivity index (χ3n) is 3.21. The summed E-state index contributed by atoms with van der Waals surface area (Å²) in [7, 11) is 0. The normalized spacial score (nSPS) is 17.1. The molecule has 1 aliphatic rings. The number of amides is 1. The van der Waals surface area contributed by atoms with Crippen LogP contribution in [0.15, 0.2) is 41.8 Å². The van der Waals surface area contributed by atoms with Gasteiger partial charge in [-0.3, -0.25) is 9.89 Å². The second kappa shape index (κ2) is 6.17. The second-order valence-corrected chi connectivity index (χ2v) is 4.68. The monoisotopic (exact) mass is 285 g/mol. The maximum Gasteiger partial charge on any atom is 0.269 e. The Balaban J connectivity index is 1.48. The molecule has 1 aromatic carbocycles. The highest BCUT2D eigenvalue weighted by atomic mass is 16.6. The maximum absolute atomic E-state index is 12.0. The second-order valence-electron chi connectivity index (χ2n) is 4.68. The summed E-state index contributed by atoms with van der Waals surface area (Å²) < 4.78 is 0. The van der Waals surface area contributed by atoms with Crippen LogP contribution in [0, 0.1) is 0 Å². The molecule has 0 aliphatic carbocycles. The van der Waals surface area contributed by atoms with E-state index in [1.807, 2.05) is 30.3 Å². The Labute approximate surface area is 121 Å². The first-order valence-electron chi connectivity index (χ1n) is 6.73. The van der Waals surface area contributed by atoms with E-state index in [-0.39, 0.29) is 12.0 Å². The third-order valence-corrected chi connectivity index (χ3v) is 3.21. The molecule has 0 unspecified atom stereocenters. The van der Waals surface area contributed by atoms with Crippen molar-refractivity contribution in [1.82, 2.24) is 20.5 Å². The van der Waals surface area contributed by atoms with E-state index in [4.69, 9.17) is 4.84 Å². The first-order valence-corrected chi connectivity index (χ1v) is 6.73. The van der Waals surface area contributed by atoms with Crippen molar-refractivity contribution in [3.8, 4) is 0 Å². The molecule has 3 rings (SSSR count). The Morgan fingerprint density at radius 1 is 1.38 bits per heavy atom. The number of rotatable bonds is 5. The van der Waals surface area contributed by atoms with Gasteiger partial charge < -0.3 is 10.2 Å². The molecule has 0 spiro atoms. The topological polar surface area (TPSA) is 92.3 Å². The number of nitrogens with zero attached hydrogens (tertiary/aromatic N) is 3. The Bertz CT molecular complexity index is 624. The van der Waals surface area contributed by atoms with E-state index in [2.05, 4.69) is 25.7 Å². The van der Waals surface area contributed by atoms with Crippen LogP contribution in [0.4, 0.5) is 0 Å². The van der Waals surface area contributed by atoms with E-state index >= 15 is 0 Å². The van der Waals surface area contributed by atoms with Crippen molar-refractivity contribution in [1.29, 1.82) is 0 Å². The predicted molar refractivity (Wildman–Crippen MR) is 75.4 cm³/mol. The number of aromatic amines is 1. The molecular weight excluding hydrogens is 270 g/mol. The lowest BCUT2D eigenvalue weighted by molar-refractivity contribution is -0.114. The van der Waals surface area contributed by atoms with E-state index in [0.29, 0.717) is 25.1 Å². The Morgan fingerprint density at radius 3 is 3.00 bits per heavy atom. The summed E-state index contributed by atoms with van der Waals surface area (Å²) in [4.78, 5) is 21.3. The van der Waals surface area contributed by atoms with E-state index in [0.717, 1.165) is 11.4 Å². The molecule has 0 radical (unpaired) electrons. The highest BCUT2D eigenvalue weighted by Gasteiger charge is 2.26. The van der Waals surface area contributed by atoms with Crippen LogP contribution >= 0.6 is 0 Å². The molecule has 0 saturated heterocycles. The van der Waals surface area contributed by atoms with Gasteiger partial charge in [-0.2, -0.15) is 5.10 Å². The van der Waals surface area contributed by atoms with Gasteiger partial charge >= 0.3 is 0 Å². The van der Waals surface area contributed by atoms with E-state index < -0.39 is 0 Å². The summed E-state index contributed by atoms with van der Waals surface area (Å²) in [5.41, 5.74) is 1.44. The van der Waals surface area contributed by atoms with Crippen molar-refractivity contribution >= 4 is 11.6 Å². The van der Waals surface area contributed by atoms with Crippen LogP contribution in [0.5, 0.6) is 0 Å². The molecule has 108 valence electrons. The quantitative estimate of drug-likeness (QED) is 0.856. The fraction of sp³-hybridized carbons (Fsp3) is 0.286. The lowest BCUT2D eigenvalue weighted by Crippen LogP contribution is -2.32. The summed E-state index contributed by atoms with van der Waals surface area (Å²) in [5, 5.41) is 13.2. The number of carbonyl (C=O) groups is 1. The Morgan fingerprint density at radius 2 is 2.24 bits per heavy atom. The summed E-state index contributed by atoms with van der Waals surface area (Å²) in [5.74, 6) is 0.537. The van der Waals surface area contributed by atoms with Gasteiger partial charge in [-0.05, 0) is 5.56 Å². The van der Waals surface area contributed by atoms with Crippen LogP contribution in [0.25, 0.3) is 0 Å². The fourth-order valence-corrected chi connectivity index (χ4v) is 2.11. The molecule has 1 aromatic heterocycles. The lowest BCUT2D eigenvalue weighted by atomic mass is 10.0. The SMILES string of the molecule is O=C(NCCc1ncn[nH]1)C1=NO[C@H](c2ccccc2)C1. The van der Waals surface area contributed by atoms with Gasteiger partial charge in [-0.25, -0.2) is 4.98 Å². The zero-order chi connectivity index (χ0) is 14.5. The molecule has 1 aliphatic heterocycles. The molecular formula is C14H15N5O2. The predicted octanol–water partition coefficient (Wildman–Crippen LogP) is 0.981. The van der Waals surface area contributed by atoms with E-state index in [9.17, 15) is 4.79 Å². The highest BCUT2D eigenvalue weighted by molar-refractivity contribution is 6.39. The lowest BCUT2D eigenvalue weighted by Gasteiger charge is -2.07. The van der Waals surface area contributed by atoms with Crippen LogP contribution in [0.2, 0.25) is 0 Å². The van der Waals surface area contributed by atoms with Gasteiger partial charge in [0.2, 0.25) is 0 Å². The molecule has 2 aromatic rings. The summed E-state index contributed by atoms with van der Waals surface area (Å²) >= 11 is 0. The fourth-order valence-electron chi connectivity index (χ4n) is 2.11. The number of carbonyl (C=O) groups excluding carboxylic acids is 1. The molecule has 0 saturated carbocycles. The Hall–Kier alpha value is -2.70. The minimum absolute atomic E-state index is 0.179. The number of H-pyrrole nitrogens is 1.